The van der Waals surface area contributed by atoms with E-state index in [9.17, 15) is 24.9 Å². The molecule has 0 aliphatic heterocycles. The third-order valence-corrected chi connectivity index (χ3v) is 13.3. The Bertz CT molecular complexity index is 1370. The smallest absolute Gasteiger partial charge is 0.331 e. The number of esters is 1. The van der Waals surface area contributed by atoms with Crippen LogP contribution in [0.2, 0.25) is 0 Å². The van der Waals surface area contributed by atoms with Gasteiger partial charge in [-0.1, -0.05) is 45.4 Å². The van der Waals surface area contributed by atoms with Gasteiger partial charge in [-0.15, -0.1) is 0 Å². The van der Waals surface area contributed by atoms with E-state index in [2.05, 4.69) is 27.7 Å². The number of fused-ring (bicyclic) bond motifs is 5. The molecule has 0 heterocycles. The third kappa shape index (κ3) is 5.46. The molecule has 1 aromatic rings. The van der Waals surface area contributed by atoms with Gasteiger partial charge in [0.25, 0.3) is 0 Å². The number of allylic oxidation sites excluding steroid dienone is 2. The highest BCUT2D eigenvalue weighted by molar-refractivity contribution is 5.89. The van der Waals surface area contributed by atoms with E-state index in [-0.39, 0.29) is 40.1 Å². The van der Waals surface area contributed by atoms with Crippen molar-refractivity contribution in [3.63, 3.8) is 0 Å². The quantitative estimate of drug-likeness (QED) is 0.218. The molecule has 7 nitrogen and oxygen atoms in total. The Kier molecular flexibility index (Phi) is 9.13. The Balaban J connectivity index is 1.56. The van der Waals surface area contributed by atoms with Gasteiger partial charge >= 0.3 is 11.9 Å². The predicted molar refractivity (Wildman–Crippen MR) is 174 cm³/mol. The predicted octanol–water partition coefficient (Wildman–Crippen LogP) is 7.20. The summed E-state index contributed by atoms with van der Waals surface area (Å²) in [6, 6.07) is 7.84. The van der Waals surface area contributed by atoms with Crippen molar-refractivity contribution in [2.75, 3.05) is 7.11 Å². The lowest BCUT2D eigenvalue weighted by Crippen LogP contribution is -2.65. The van der Waals surface area contributed by atoms with E-state index in [1.807, 2.05) is 38.1 Å². The monoisotopic (exact) mass is 622 g/mol. The number of benzene rings is 1. The average molecular weight is 623 g/mol. The van der Waals surface area contributed by atoms with Crippen LogP contribution in [0.1, 0.15) is 105 Å². The Morgan fingerprint density at radius 2 is 1.60 bits per heavy atom. The lowest BCUT2D eigenvalue weighted by molar-refractivity contribution is -0.234. The van der Waals surface area contributed by atoms with Crippen LogP contribution in [0, 0.1) is 39.9 Å². The van der Waals surface area contributed by atoms with E-state index in [4.69, 9.17) is 9.47 Å². The van der Waals surface area contributed by atoms with E-state index < -0.39 is 24.1 Å². The minimum atomic E-state index is -0.984. The van der Waals surface area contributed by atoms with Crippen LogP contribution < -0.4 is 4.74 Å². The van der Waals surface area contributed by atoms with Gasteiger partial charge in [0, 0.05) is 12.5 Å². The fraction of sp³-hybridized carbons (Fsp3) is 0.684. The largest absolute Gasteiger partial charge is 0.497 e. The van der Waals surface area contributed by atoms with E-state index in [0.717, 1.165) is 48.1 Å². The van der Waals surface area contributed by atoms with Crippen LogP contribution in [0.5, 0.6) is 5.75 Å². The standard InChI is InChI=1S/C38H54O7/c1-21(2)26(24-9-11-25(44-8)12-10-24)13-14-27(35(42)43)33-29-19-31(41)34-36(5)17-16-30(40)22(3)28(36)15-18-37(34,6)38(29,7)20-32(33)45-23(4)39/h9-12,22,28-32,34,40-41H,13-20H2,1-8H3,(H,42,43)/t22-,28?,29+,30+,31+,32-,34+,36-,37-,38-/m0/s1. The number of methoxy groups -OCH3 is 1. The molecule has 0 amide bonds. The van der Waals surface area contributed by atoms with Gasteiger partial charge in [-0.05, 0) is 134 Å². The molecule has 4 fully saturated rings. The van der Waals surface area contributed by atoms with Crippen molar-refractivity contribution in [2.24, 2.45) is 39.9 Å². The first kappa shape index (κ1) is 33.7. The van der Waals surface area contributed by atoms with Crippen LogP contribution in [-0.2, 0) is 14.3 Å². The summed E-state index contributed by atoms with van der Waals surface area (Å²) in [4.78, 5) is 25.6. The molecule has 45 heavy (non-hydrogen) atoms. The molecule has 7 heteroatoms. The minimum absolute atomic E-state index is 0.0119. The molecular formula is C38H54O7. The Hall–Kier alpha value is -2.64. The summed E-state index contributed by atoms with van der Waals surface area (Å²) >= 11 is 0. The summed E-state index contributed by atoms with van der Waals surface area (Å²) in [5.74, 6) is -0.344. The van der Waals surface area contributed by atoms with Gasteiger partial charge in [-0.2, -0.15) is 0 Å². The van der Waals surface area contributed by atoms with Crippen molar-refractivity contribution in [1.82, 2.24) is 0 Å². The average Bonchev–Trinajstić information content (AvgIpc) is 3.24. The summed E-state index contributed by atoms with van der Waals surface area (Å²) in [7, 11) is 1.63. The molecular weight excluding hydrogens is 568 g/mol. The molecule has 0 bridgehead atoms. The summed E-state index contributed by atoms with van der Waals surface area (Å²) in [6.45, 7) is 14.5. The summed E-state index contributed by atoms with van der Waals surface area (Å²) in [5, 5.41) is 33.6. The first-order valence-electron chi connectivity index (χ1n) is 16.9. The molecule has 0 radical (unpaired) electrons. The Morgan fingerprint density at radius 3 is 2.18 bits per heavy atom. The maximum atomic E-state index is 13.1. The van der Waals surface area contributed by atoms with Crippen LogP contribution in [0.3, 0.4) is 0 Å². The first-order chi connectivity index (χ1) is 21.1. The maximum Gasteiger partial charge on any atom is 0.331 e. The molecule has 0 spiro atoms. The normalized spacial score (nSPS) is 40.0. The molecule has 1 unspecified atom stereocenters. The minimum Gasteiger partial charge on any atom is -0.497 e. The zero-order valence-corrected chi connectivity index (χ0v) is 28.5. The highest BCUT2D eigenvalue weighted by atomic mass is 16.5. The number of carbonyl (C=O) groups excluding carboxylic acids is 1. The van der Waals surface area contributed by atoms with Gasteiger partial charge in [0.2, 0.25) is 0 Å². The number of ether oxygens (including phenoxy) is 2. The fourth-order valence-electron chi connectivity index (χ4n) is 11.0. The number of aliphatic hydroxyl groups is 2. The molecule has 0 saturated heterocycles. The number of aliphatic carboxylic acids is 1. The lowest BCUT2D eigenvalue weighted by atomic mass is 9.36. The molecule has 4 aliphatic carbocycles. The molecule has 248 valence electrons. The fourth-order valence-corrected chi connectivity index (χ4v) is 11.0. The zero-order chi connectivity index (χ0) is 33.1. The number of carboxylic acids is 1. The molecule has 10 atom stereocenters. The SMILES string of the molecule is COc1ccc(C(CCC(C(=O)O)=C2[C@@H](OC(C)=O)C[C@@]3(C)[C@@H]2C[C@@H](O)[C@@H]2[C@@]4(C)CC[C@@H](O)[C@@H](C)C4CC[C@@]23C)=C(C)C)cc1. The summed E-state index contributed by atoms with van der Waals surface area (Å²) < 4.78 is 11.3. The van der Waals surface area contributed by atoms with Crippen LogP contribution in [0.4, 0.5) is 0 Å². The van der Waals surface area contributed by atoms with Crippen molar-refractivity contribution in [2.45, 2.75) is 118 Å². The van der Waals surface area contributed by atoms with Gasteiger partial charge in [0.05, 0.1) is 19.3 Å². The number of hydrogen-bond donors (Lipinski definition) is 3. The van der Waals surface area contributed by atoms with E-state index in [1.165, 1.54) is 6.92 Å². The van der Waals surface area contributed by atoms with Crippen LogP contribution in [-0.4, -0.2) is 52.7 Å². The van der Waals surface area contributed by atoms with Crippen LogP contribution in [0.15, 0.2) is 41.0 Å². The van der Waals surface area contributed by atoms with Crippen LogP contribution >= 0.6 is 0 Å². The van der Waals surface area contributed by atoms with Crippen molar-refractivity contribution < 1.29 is 34.4 Å². The second kappa shape index (κ2) is 12.2. The first-order valence-corrected chi connectivity index (χ1v) is 16.9. The van der Waals surface area contributed by atoms with Gasteiger partial charge in [0.1, 0.15) is 11.9 Å². The van der Waals surface area contributed by atoms with Crippen molar-refractivity contribution in [1.29, 1.82) is 0 Å². The van der Waals surface area contributed by atoms with Crippen molar-refractivity contribution in [3.05, 3.63) is 46.5 Å². The Labute approximate surface area is 269 Å². The summed E-state index contributed by atoms with van der Waals surface area (Å²) in [5.41, 5.74) is 3.44. The molecule has 3 N–H and O–H groups in total. The van der Waals surface area contributed by atoms with Crippen LogP contribution in [0.25, 0.3) is 5.57 Å². The van der Waals surface area contributed by atoms with E-state index in [0.29, 0.717) is 42.7 Å². The molecule has 4 aliphatic rings. The van der Waals surface area contributed by atoms with E-state index in [1.54, 1.807) is 7.11 Å². The highest BCUT2D eigenvalue weighted by Crippen LogP contribution is 2.74. The number of aliphatic hydroxyl groups excluding tert-OH is 2. The number of rotatable bonds is 7. The zero-order valence-electron chi connectivity index (χ0n) is 28.5. The number of hydrogen-bond acceptors (Lipinski definition) is 6. The number of carbonyl (C=O) groups is 2. The van der Waals surface area contributed by atoms with Gasteiger partial charge in [0.15, 0.2) is 0 Å². The van der Waals surface area contributed by atoms with Gasteiger partial charge in [-0.25, -0.2) is 4.79 Å². The lowest BCUT2D eigenvalue weighted by Gasteiger charge is -2.69. The van der Waals surface area contributed by atoms with Crippen molar-refractivity contribution >= 4 is 17.5 Å². The highest BCUT2D eigenvalue weighted by Gasteiger charge is 2.70. The van der Waals surface area contributed by atoms with Gasteiger partial charge < -0.3 is 24.8 Å². The summed E-state index contributed by atoms with van der Waals surface area (Å²) in [6.07, 6.45) is 3.72. The second-order valence-electron chi connectivity index (χ2n) is 15.5. The van der Waals surface area contributed by atoms with Crippen molar-refractivity contribution in [3.8, 4) is 5.75 Å². The molecule has 4 saturated carbocycles. The van der Waals surface area contributed by atoms with Gasteiger partial charge in [-0.3, -0.25) is 4.79 Å². The molecule has 0 aromatic heterocycles. The molecule has 5 rings (SSSR count). The topological polar surface area (TPSA) is 113 Å². The van der Waals surface area contributed by atoms with E-state index >= 15 is 0 Å². The maximum absolute atomic E-state index is 13.1. The Morgan fingerprint density at radius 1 is 0.933 bits per heavy atom. The third-order valence-electron chi connectivity index (χ3n) is 13.3. The number of carboxylic acid groups (broad SMARTS) is 1. The molecule has 1 aromatic carbocycles. The second-order valence-corrected chi connectivity index (χ2v) is 15.5.